The van der Waals surface area contributed by atoms with Crippen LogP contribution < -0.4 is 14.8 Å². The number of ether oxygens (including phenoxy) is 2. The van der Waals surface area contributed by atoms with Crippen LogP contribution in [0.1, 0.15) is 11.1 Å². The van der Waals surface area contributed by atoms with Gasteiger partial charge in [-0.05, 0) is 69.6 Å². The minimum Gasteiger partial charge on any atom is -0.493 e. The molecule has 2 aromatic carbocycles. The molecule has 1 saturated heterocycles. The lowest BCUT2D eigenvalue weighted by Crippen LogP contribution is -2.25. The number of rotatable bonds is 5. The molecular formula is C19H16BrFN2O3S. The summed E-state index contributed by atoms with van der Waals surface area (Å²) in [5.74, 6) is 0.517. The van der Waals surface area contributed by atoms with Crippen molar-refractivity contribution in [2.24, 2.45) is 0 Å². The number of carbonyl (C=O) groups is 1. The zero-order valence-electron chi connectivity index (χ0n) is 14.6. The van der Waals surface area contributed by atoms with E-state index in [1.54, 1.807) is 31.3 Å². The molecule has 3 rings (SSSR count). The van der Waals surface area contributed by atoms with Crippen LogP contribution in [0.5, 0.6) is 11.5 Å². The average molecular weight is 451 g/mol. The zero-order chi connectivity index (χ0) is 19.6. The van der Waals surface area contributed by atoms with Crippen LogP contribution in [0.25, 0.3) is 6.08 Å². The first-order valence-corrected chi connectivity index (χ1v) is 9.14. The summed E-state index contributed by atoms with van der Waals surface area (Å²) < 4.78 is 24.9. The number of hydrogen-bond acceptors (Lipinski definition) is 4. The molecule has 0 saturated carbocycles. The summed E-state index contributed by atoms with van der Waals surface area (Å²) in [6.45, 7) is 0.259. The van der Waals surface area contributed by atoms with E-state index in [0.717, 1.165) is 11.1 Å². The lowest BCUT2D eigenvalue weighted by Gasteiger charge is -2.14. The second-order valence-electron chi connectivity index (χ2n) is 5.80. The summed E-state index contributed by atoms with van der Waals surface area (Å²) in [4.78, 5) is 13.5. The molecule has 0 radical (unpaired) electrons. The second-order valence-corrected chi connectivity index (χ2v) is 7.04. The van der Waals surface area contributed by atoms with Gasteiger partial charge in [0.05, 0.1) is 11.6 Å². The van der Waals surface area contributed by atoms with Crippen molar-refractivity contribution < 1.29 is 18.7 Å². The molecule has 0 unspecified atom stereocenters. The van der Waals surface area contributed by atoms with E-state index < -0.39 is 0 Å². The van der Waals surface area contributed by atoms with Crippen molar-refractivity contribution in [1.82, 2.24) is 10.2 Å². The van der Waals surface area contributed by atoms with Crippen molar-refractivity contribution in [3.05, 3.63) is 63.5 Å². The van der Waals surface area contributed by atoms with Crippen molar-refractivity contribution in [3.63, 3.8) is 0 Å². The van der Waals surface area contributed by atoms with Crippen LogP contribution in [-0.2, 0) is 11.4 Å². The first kappa shape index (κ1) is 19.3. The molecule has 0 aromatic heterocycles. The monoisotopic (exact) mass is 450 g/mol. The number of thiocarbonyl (C=S) groups is 1. The minimum absolute atomic E-state index is 0.202. The Kier molecular flexibility index (Phi) is 5.76. The first-order chi connectivity index (χ1) is 12.9. The number of amides is 1. The molecule has 1 aliphatic heterocycles. The first-order valence-electron chi connectivity index (χ1n) is 7.94. The third-order valence-electron chi connectivity index (χ3n) is 3.94. The number of halogens is 2. The van der Waals surface area contributed by atoms with E-state index in [1.807, 2.05) is 6.07 Å². The summed E-state index contributed by atoms with van der Waals surface area (Å²) in [5, 5.41) is 3.23. The van der Waals surface area contributed by atoms with Crippen LogP contribution in [0.4, 0.5) is 4.39 Å². The van der Waals surface area contributed by atoms with Crippen LogP contribution in [0.3, 0.4) is 0 Å². The van der Waals surface area contributed by atoms with Gasteiger partial charge in [0.25, 0.3) is 5.91 Å². The number of hydrogen-bond donors (Lipinski definition) is 1. The van der Waals surface area contributed by atoms with Gasteiger partial charge in [-0.2, -0.15) is 0 Å². The lowest BCUT2D eigenvalue weighted by molar-refractivity contribution is -0.121. The van der Waals surface area contributed by atoms with E-state index in [-0.39, 0.29) is 18.3 Å². The van der Waals surface area contributed by atoms with E-state index in [0.29, 0.717) is 26.8 Å². The van der Waals surface area contributed by atoms with Crippen LogP contribution in [0, 0.1) is 5.82 Å². The largest absolute Gasteiger partial charge is 0.493 e. The predicted molar refractivity (Wildman–Crippen MR) is 108 cm³/mol. The topological polar surface area (TPSA) is 50.8 Å². The number of carbonyl (C=O) groups excluding carboxylic acids is 1. The van der Waals surface area contributed by atoms with E-state index >= 15 is 0 Å². The molecule has 27 heavy (non-hydrogen) atoms. The molecule has 0 spiro atoms. The van der Waals surface area contributed by atoms with Gasteiger partial charge in [-0.15, -0.1) is 0 Å². The molecule has 0 atom stereocenters. The highest BCUT2D eigenvalue weighted by Gasteiger charge is 2.27. The number of benzene rings is 2. The average Bonchev–Trinajstić information content (AvgIpc) is 2.88. The van der Waals surface area contributed by atoms with Crippen molar-refractivity contribution in [3.8, 4) is 11.5 Å². The minimum atomic E-state index is -0.296. The van der Waals surface area contributed by atoms with Crippen molar-refractivity contribution in [1.29, 1.82) is 0 Å². The maximum atomic E-state index is 13.0. The van der Waals surface area contributed by atoms with Gasteiger partial charge in [-0.1, -0.05) is 12.1 Å². The molecule has 1 N–H and O–H groups in total. The molecule has 140 valence electrons. The highest BCUT2D eigenvalue weighted by atomic mass is 79.9. The van der Waals surface area contributed by atoms with Gasteiger partial charge in [0.2, 0.25) is 0 Å². The summed E-state index contributed by atoms with van der Waals surface area (Å²) in [6, 6.07) is 9.65. The van der Waals surface area contributed by atoms with Crippen LogP contribution in [0.15, 0.2) is 46.6 Å². The molecule has 1 heterocycles. The Labute approximate surface area is 169 Å². The standard InChI is InChI=1S/C19H16BrFN2O3S/c1-23-18(24)15(22-19(23)27)8-12-7-14(20)17(16(9-12)25-2)26-10-11-3-5-13(21)6-4-11/h3-9H,10H2,1-2H3,(H,22,27). The van der Waals surface area contributed by atoms with Crippen LogP contribution in [0.2, 0.25) is 0 Å². The fraction of sp³-hybridized carbons (Fsp3) is 0.158. The highest BCUT2D eigenvalue weighted by Crippen LogP contribution is 2.38. The molecule has 1 fully saturated rings. The Morgan fingerprint density at radius 3 is 2.59 bits per heavy atom. The Morgan fingerprint density at radius 2 is 2.00 bits per heavy atom. The smallest absolute Gasteiger partial charge is 0.276 e. The van der Waals surface area contributed by atoms with Crippen LogP contribution >= 0.6 is 28.1 Å². The number of nitrogens with one attached hydrogen (secondary N) is 1. The van der Waals surface area contributed by atoms with Crippen molar-refractivity contribution in [2.75, 3.05) is 14.2 Å². The molecule has 8 heteroatoms. The van der Waals surface area contributed by atoms with Crippen molar-refractivity contribution >= 4 is 45.2 Å². The molecule has 5 nitrogen and oxygen atoms in total. The van der Waals surface area contributed by atoms with Gasteiger partial charge in [0.1, 0.15) is 18.1 Å². The maximum Gasteiger partial charge on any atom is 0.276 e. The third-order valence-corrected chi connectivity index (χ3v) is 4.91. The molecule has 0 aliphatic carbocycles. The molecular weight excluding hydrogens is 435 g/mol. The van der Waals surface area contributed by atoms with E-state index in [2.05, 4.69) is 21.2 Å². The Morgan fingerprint density at radius 1 is 1.30 bits per heavy atom. The summed E-state index contributed by atoms with van der Waals surface area (Å²) >= 11 is 8.55. The van der Waals surface area contributed by atoms with E-state index in [9.17, 15) is 9.18 Å². The quantitative estimate of drug-likeness (QED) is 0.553. The lowest BCUT2D eigenvalue weighted by atomic mass is 10.1. The van der Waals surface area contributed by atoms with Gasteiger partial charge in [0.15, 0.2) is 16.6 Å². The normalized spacial score (nSPS) is 15.3. The number of likely N-dealkylation sites (N-methyl/N-ethyl adjacent to an activating group) is 1. The molecule has 1 amide bonds. The fourth-order valence-electron chi connectivity index (χ4n) is 2.49. The van der Waals surface area contributed by atoms with Gasteiger partial charge >= 0.3 is 0 Å². The summed E-state index contributed by atoms with van der Waals surface area (Å²) in [6.07, 6.45) is 1.69. The third kappa shape index (κ3) is 4.28. The molecule has 2 aromatic rings. The zero-order valence-corrected chi connectivity index (χ0v) is 17.0. The summed E-state index contributed by atoms with van der Waals surface area (Å²) in [5.41, 5.74) is 1.95. The van der Waals surface area contributed by atoms with Gasteiger partial charge < -0.3 is 14.8 Å². The number of nitrogens with zero attached hydrogens (tertiary/aromatic N) is 1. The molecule has 1 aliphatic rings. The van der Waals surface area contributed by atoms with Crippen molar-refractivity contribution in [2.45, 2.75) is 6.61 Å². The Bertz CT molecular complexity index is 931. The van der Waals surface area contributed by atoms with E-state index in [1.165, 1.54) is 24.1 Å². The maximum absolute atomic E-state index is 13.0. The van der Waals surface area contributed by atoms with E-state index in [4.69, 9.17) is 21.7 Å². The SMILES string of the molecule is COc1cc(C=C2NC(=S)N(C)C2=O)cc(Br)c1OCc1ccc(F)cc1. The number of methoxy groups -OCH3 is 1. The van der Waals surface area contributed by atoms with Gasteiger partial charge in [0, 0.05) is 7.05 Å². The summed E-state index contributed by atoms with van der Waals surface area (Å²) in [7, 11) is 3.15. The highest BCUT2D eigenvalue weighted by molar-refractivity contribution is 9.10. The molecule has 0 bridgehead atoms. The fourth-order valence-corrected chi connectivity index (χ4v) is 3.26. The van der Waals surface area contributed by atoms with Crippen LogP contribution in [-0.4, -0.2) is 30.1 Å². The second kappa shape index (κ2) is 8.06. The van der Waals surface area contributed by atoms with Gasteiger partial charge in [-0.25, -0.2) is 4.39 Å². The predicted octanol–water partition coefficient (Wildman–Crippen LogP) is 3.86. The Balaban J connectivity index is 1.84. The Hall–Kier alpha value is -2.45. The van der Waals surface area contributed by atoms with Gasteiger partial charge in [-0.3, -0.25) is 9.69 Å².